The van der Waals surface area contributed by atoms with Crippen molar-refractivity contribution in [1.29, 1.82) is 5.26 Å². The van der Waals surface area contributed by atoms with E-state index < -0.39 is 0 Å². The Balaban J connectivity index is 1.42. The SMILES string of the molecule is COc1cccc(CNc2nc(NCc3cccc(OC)c3)nc(NNc3nc(-c4ccccc4)c(CC#N)c(=O)n3C)n2)c1. The normalized spacial score (nSPS) is 10.4. The van der Waals surface area contributed by atoms with Crippen molar-refractivity contribution in [2.75, 3.05) is 35.7 Å². The summed E-state index contributed by atoms with van der Waals surface area (Å²) in [6, 6.07) is 26.6. The molecular weight excluding hydrogens is 572 g/mol. The number of methoxy groups -OCH3 is 2. The topological polar surface area (TPSA) is 164 Å². The second-order valence-corrected chi connectivity index (χ2v) is 9.79. The van der Waals surface area contributed by atoms with Crippen molar-refractivity contribution >= 4 is 23.8 Å². The van der Waals surface area contributed by atoms with Gasteiger partial charge in [-0.3, -0.25) is 20.2 Å². The fraction of sp³-hybridized carbons (Fsp3) is 0.188. The lowest BCUT2D eigenvalue weighted by atomic mass is 10.1. The van der Waals surface area contributed by atoms with Gasteiger partial charge in [-0.25, -0.2) is 4.98 Å². The van der Waals surface area contributed by atoms with Crippen molar-refractivity contribution in [3.63, 3.8) is 0 Å². The first kappa shape index (κ1) is 30.3. The summed E-state index contributed by atoms with van der Waals surface area (Å²) in [4.78, 5) is 31.5. The highest BCUT2D eigenvalue weighted by Crippen LogP contribution is 2.22. The van der Waals surface area contributed by atoms with E-state index in [1.54, 1.807) is 21.3 Å². The molecule has 13 nitrogen and oxygen atoms in total. The second kappa shape index (κ2) is 14.3. The molecule has 0 fully saturated rings. The largest absolute Gasteiger partial charge is 0.497 e. The molecule has 0 unspecified atom stereocenters. The van der Waals surface area contributed by atoms with Crippen LogP contribution in [0.15, 0.2) is 83.7 Å². The molecule has 0 aliphatic rings. The Morgan fingerprint density at radius 2 is 1.33 bits per heavy atom. The lowest BCUT2D eigenvalue weighted by Crippen LogP contribution is -2.28. The van der Waals surface area contributed by atoms with E-state index in [2.05, 4.69) is 47.5 Å². The van der Waals surface area contributed by atoms with Gasteiger partial charge in [0, 0.05) is 25.7 Å². The molecule has 0 saturated heterocycles. The minimum Gasteiger partial charge on any atom is -0.497 e. The Bertz CT molecular complexity index is 1800. The van der Waals surface area contributed by atoms with Gasteiger partial charge in [-0.2, -0.15) is 20.2 Å². The maximum Gasteiger partial charge on any atom is 0.259 e. The van der Waals surface area contributed by atoms with Gasteiger partial charge in [0.25, 0.3) is 5.56 Å². The number of benzene rings is 3. The van der Waals surface area contributed by atoms with E-state index >= 15 is 0 Å². The number of nitrogens with zero attached hydrogens (tertiary/aromatic N) is 6. The fourth-order valence-corrected chi connectivity index (χ4v) is 4.46. The molecule has 5 aromatic rings. The van der Waals surface area contributed by atoms with E-state index in [4.69, 9.17) is 9.47 Å². The Labute approximate surface area is 259 Å². The zero-order chi connectivity index (χ0) is 31.6. The molecule has 228 valence electrons. The summed E-state index contributed by atoms with van der Waals surface area (Å²) in [5.41, 5.74) is 8.96. The lowest BCUT2D eigenvalue weighted by Gasteiger charge is -2.16. The van der Waals surface area contributed by atoms with Crippen molar-refractivity contribution in [1.82, 2.24) is 24.5 Å². The van der Waals surface area contributed by atoms with Gasteiger partial charge >= 0.3 is 0 Å². The lowest BCUT2D eigenvalue weighted by molar-refractivity contribution is 0.414. The molecule has 0 radical (unpaired) electrons. The first-order valence-electron chi connectivity index (χ1n) is 14.0. The monoisotopic (exact) mass is 604 g/mol. The summed E-state index contributed by atoms with van der Waals surface area (Å²) >= 11 is 0. The highest BCUT2D eigenvalue weighted by Gasteiger charge is 2.17. The number of nitrogens with one attached hydrogen (secondary N) is 4. The summed E-state index contributed by atoms with van der Waals surface area (Å²) in [5, 5.41) is 15.8. The predicted octanol–water partition coefficient (Wildman–Crippen LogP) is 4.38. The molecule has 45 heavy (non-hydrogen) atoms. The van der Waals surface area contributed by atoms with Crippen LogP contribution in [-0.2, 0) is 26.6 Å². The Hall–Kier alpha value is -6.16. The molecule has 0 saturated carbocycles. The Kier molecular flexibility index (Phi) is 9.66. The third-order valence-corrected chi connectivity index (χ3v) is 6.78. The quantitative estimate of drug-likeness (QED) is 0.140. The molecular formula is C32H32N10O3. The maximum atomic E-state index is 13.2. The summed E-state index contributed by atoms with van der Waals surface area (Å²) in [5.74, 6) is 2.47. The number of ether oxygens (including phenoxy) is 2. The van der Waals surface area contributed by atoms with Crippen LogP contribution in [0.25, 0.3) is 11.3 Å². The fourth-order valence-electron chi connectivity index (χ4n) is 4.46. The van der Waals surface area contributed by atoms with Gasteiger partial charge in [-0.05, 0) is 35.4 Å². The van der Waals surface area contributed by atoms with Gasteiger partial charge < -0.3 is 20.1 Å². The maximum absolute atomic E-state index is 13.2. The van der Waals surface area contributed by atoms with Gasteiger partial charge in [-0.15, -0.1) is 0 Å². The molecule has 2 heterocycles. The van der Waals surface area contributed by atoms with Crippen LogP contribution in [0.5, 0.6) is 11.5 Å². The predicted molar refractivity (Wildman–Crippen MR) is 172 cm³/mol. The van der Waals surface area contributed by atoms with Crippen LogP contribution in [0, 0.1) is 11.3 Å². The first-order chi connectivity index (χ1) is 22.0. The number of rotatable bonds is 13. The highest BCUT2D eigenvalue weighted by atomic mass is 16.5. The van der Waals surface area contributed by atoms with Crippen molar-refractivity contribution in [3.8, 4) is 28.8 Å². The number of anilines is 4. The van der Waals surface area contributed by atoms with E-state index in [0.29, 0.717) is 36.2 Å². The molecule has 5 rings (SSSR count). The minimum absolute atomic E-state index is 0.0737. The van der Waals surface area contributed by atoms with Crippen LogP contribution in [-0.4, -0.2) is 38.7 Å². The van der Waals surface area contributed by atoms with Crippen LogP contribution < -0.4 is 36.5 Å². The average molecular weight is 605 g/mol. The molecule has 0 aliphatic heterocycles. The molecule has 0 spiro atoms. The first-order valence-corrected chi connectivity index (χ1v) is 14.0. The van der Waals surface area contributed by atoms with Crippen molar-refractivity contribution in [2.24, 2.45) is 7.05 Å². The molecule has 0 amide bonds. The number of aromatic nitrogens is 5. The summed E-state index contributed by atoms with van der Waals surface area (Å²) in [6.45, 7) is 0.862. The summed E-state index contributed by atoms with van der Waals surface area (Å²) in [7, 11) is 4.81. The van der Waals surface area contributed by atoms with Gasteiger partial charge in [0.05, 0.1) is 38.0 Å². The van der Waals surface area contributed by atoms with Gasteiger partial charge in [0.15, 0.2) is 0 Å². The standard InChI is InChI=1S/C32H32N10O3/c1-42-28(43)26(15-16-33)27(23-11-5-4-6-12-23)36-32(42)41-40-31-38-29(34-19-21-9-7-13-24(17-21)44-2)37-30(39-31)35-20-22-10-8-14-25(18-22)45-3/h4-14,17-18H,15,19-20H2,1-3H3,(H,36,41)(H3,34,35,37,38,39,40). The number of nitriles is 1. The van der Waals surface area contributed by atoms with E-state index in [-0.39, 0.29) is 23.9 Å². The Morgan fingerprint density at radius 1 is 0.756 bits per heavy atom. The number of hydrogen-bond donors (Lipinski definition) is 4. The van der Waals surface area contributed by atoms with Crippen LogP contribution in [0.4, 0.5) is 23.8 Å². The molecule has 2 aromatic heterocycles. The summed E-state index contributed by atoms with van der Waals surface area (Å²) in [6.07, 6.45) is -0.0737. The Morgan fingerprint density at radius 3 is 1.89 bits per heavy atom. The molecule has 0 bridgehead atoms. The highest BCUT2D eigenvalue weighted by molar-refractivity contribution is 5.65. The smallest absolute Gasteiger partial charge is 0.259 e. The van der Waals surface area contributed by atoms with Crippen molar-refractivity contribution in [3.05, 3.63) is 106 Å². The number of hydrazine groups is 1. The van der Waals surface area contributed by atoms with E-state index in [1.807, 2.05) is 78.9 Å². The zero-order valence-corrected chi connectivity index (χ0v) is 25.0. The van der Waals surface area contributed by atoms with Crippen LogP contribution >= 0.6 is 0 Å². The molecule has 0 aliphatic carbocycles. The molecule has 0 atom stereocenters. The van der Waals surface area contributed by atoms with Crippen molar-refractivity contribution in [2.45, 2.75) is 19.5 Å². The van der Waals surface area contributed by atoms with Gasteiger partial charge in [-0.1, -0.05) is 54.6 Å². The third-order valence-electron chi connectivity index (χ3n) is 6.78. The van der Waals surface area contributed by atoms with Gasteiger partial charge in [0.2, 0.25) is 23.8 Å². The minimum atomic E-state index is -0.341. The van der Waals surface area contributed by atoms with E-state index in [0.717, 1.165) is 28.2 Å². The van der Waals surface area contributed by atoms with Crippen molar-refractivity contribution < 1.29 is 9.47 Å². The van der Waals surface area contributed by atoms with Crippen LogP contribution in [0.3, 0.4) is 0 Å². The third kappa shape index (κ3) is 7.63. The zero-order valence-electron chi connectivity index (χ0n) is 25.0. The van der Waals surface area contributed by atoms with E-state index in [9.17, 15) is 10.1 Å². The summed E-state index contributed by atoms with van der Waals surface area (Å²) < 4.78 is 12.0. The molecule has 4 N–H and O–H groups in total. The van der Waals surface area contributed by atoms with Crippen LogP contribution in [0.2, 0.25) is 0 Å². The van der Waals surface area contributed by atoms with Crippen LogP contribution in [0.1, 0.15) is 16.7 Å². The van der Waals surface area contributed by atoms with E-state index in [1.165, 1.54) is 4.57 Å². The number of hydrogen-bond acceptors (Lipinski definition) is 12. The van der Waals surface area contributed by atoms with Gasteiger partial charge in [0.1, 0.15) is 11.5 Å². The average Bonchev–Trinajstić information content (AvgIpc) is 3.08. The second-order valence-electron chi connectivity index (χ2n) is 9.79. The molecule has 3 aromatic carbocycles. The molecule has 13 heteroatoms.